The van der Waals surface area contributed by atoms with Crippen molar-refractivity contribution in [1.29, 1.82) is 10.5 Å². The maximum atomic E-state index is 9.93. The first kappa shape index (κ1) is 15.7. The highest BCUT2D eigenvalue weighted by Crippen LogP contribution is 2.45. The first-order valence-corrected chi connectivity index (χ1v) is 11.0. The lowest BCUT2D eigenvalue weighted by Gasteiger charge is -2.09. The summed E-state index contributed by atoms with van der Waals surface area (Å²) in [6.45, 7) is 0. The maximum Gasteiger partial charge on any atom is 0.102 e. The minimum absolute atomic E-state index is 0.688. The molecule has 0 aliphatic carbocycles. The van der Waals surface area contributed by atoms with Gasteiger partial charge in [-0.05, 0) is 24.3 Å². The molecule has 0 N–H and O–H groups in total. The zero-order valence-corrected chi connectivity index (χ0v) is 16.4. The fourth-order valence-corrected chi connectivity index (χ4v) is 7.98. The predicted molar refractivity (Wildman–Crippen MR) is 115 cm³/mol. The molecular formula is C20H8N2S4. The van der Waals surface area contributed by atoms with Crippen LogP contribution in [0.1, 0.15) is 11.1 Å². The van der Waals surface area contributed by atoms with Crippen molar-refractivity contribution in [2.75, 3.05) is 0 Å². The zero-order chi connectivity index (χ0) is 17.7. The van der Waals surface area contributed by atoms with Crippen LogP contribution in [0.15, 0.2) is 48.5 Å². The molecule has 0 saturated carbocycles. The van der Waals surface area contributed by atoms with Crippen molar-refractivity contribution in [2.45, 2.75) is 0 Å². The molecule has 0 fully saturated rings. The molecule has 2 heterocycles. The Morgan fingerprint density at radius 3 is 1.00 bits per heavy atom. The molecule has 5 rings (SSSR count). The van der Waals surface area contributed by atoms with Crippen LogP contribution in [0.5, 0.6) is 0 Å². The second-order valence-corrected chi connectivity index (χ2v) is 9.80. The second-order valence-electron chi connectivity index (χ2n) is 5.59. The number of fused-ring (bicyclic) bond motifs is 4. The van der Waals surface area contributed by atoms with Gasteiger partial charge in [0.25, 0.3) is 0 Å². The Balaban J connectivity index is 2.11. The lowest BCUT2D eigenvalue weighted by atomic mass is 10.1. The summed E-state index contributed by atoms with van der Waals surface area (Å²) in [7, 11) is 0. The average molecular weight is 405 g/mol. The van der Waals surface area contributed by atoms with Crippen LogP contribution in [-0.4, -0.2) is 0 Å². The molecule has 0 atom stereocenters. The number of rotatable bonds is 0. The van der Waals surface area contributed by atoms with Gasteiger partial charge in [-0.2, -0.15) is 10.5 Å². The summed E-state index contributed by atoms with van der Waals surface area (Å²) < 4.78 is 8.22. The molecule has 0 aliphatic heterocycles. The van der Waals surface area contributed by atoms with Crippen molar-refractivity contribution in [1.82, 2.24) is 0 Å². The zero-order valence-electron chi connectivity index (χ0n) is 13.1. The highest BCUT2D eigenvalue weighted by atomic mass is 32.1. The maximum absolute atomic E-state index is 9.93. The van der Waals surface area contributed by atoms with Gasteiger partial charge in [0.2, 0.25) is 0 Å². The summed E-state index contributed by atoms with van der Waals surface area (Å²) in [5.41, 5.74) is 1.38. The van der Waals surface area contributed by atoms with E-state index in [-0.39, 0.29) is 0 Å². The molecule has 2 aromatic heterocycles. The molecule has 6 heteroatoms. The molecule has 0 bridgehead atoms. The van der Waals surface area contributed by atoms with Crippen LogP contribution in [0.3, 0.4) is 0 Å². The van der Waals surface area contributed by atoms with Gasteiger partial charge in [0, 0.05) is 18.8 Å². The summed E-state index contributed by atoms with van der Waals surface area (Å²) >= 11 is 6.40. The molecule has 2 nitrogen and oxygen atoms in total. The molecular weight excluding hydrogens is 397 g/mol. The molecule has 3 aromatic carbocycles. The molecule has 5 aromatic rings. The Bertz CT molecular complexity index is 1250. The van der Waals surface area contributed by atoms with Gasteiger partial charge in [0.15, 0.2) is 0 Å². The predicted octanol–water partition coefficient (Wildman–Crippen LogP) is 7.41. The van der Waals surface area contributed by atoms with Crippen molar-refractivity contribution < 1.29 is 0 Å². The van der Waals surface area contributed by atoms with Crippen LogP contribution in [-0.2, 0) is 0 Å². The number of nitrogens with zero attached hydrogens (tertiary/aromatic N) is 2. The summed E-state index contributed by atoms with van der Waals surface area (Å²) in [4.78, 5) is 0. The molecule has 26 heavy (non-hydrogen) atoms. The fourth-order valence-electron chi connectivity index (χ4n) is 2.93. The van der Waals surface area contributed by atoms with Crippen LogP contribution >= 0.6 is 45.3 Å². The third-order valence-corrected chi connectivity index (χ3v) is 9.36. The number of nitriles is 2. The standard InChI is InChI=1S/C20H8N2S4/c21-9-11-17-18(24-14-6-2-1-5-13(14)23-17)12(10-22)20-19(11)25-15-7-3-4-8-16(15)26-20/h1-8H. The van der Waals surface area contributed by atoms with E-state index in [4.69, 9.17) is 0 Å². The largest absolute Gasteiger partial charge is 0.192 e. The Morgan fingerprint density at radius 2 is 0.769 bits per heavy atom. The fraction of sp³-hybridized carbons (Fsp3) is 0. The summed E-state index contributed by atoms with van der Waals surface area (Å²) in [6, 6.07) is 21.1. The van der Waals surface area contributed by atoms with Gasteiger partial charge in [-0.15, -0.1) is 45.3 Å². The van der Waals surface area contributed by atoms with E-state index in [1.54, 1.807) is 45.3 Å². The van der Waals surface area contributed by atoms with E-state index in [1.807, 2.05) is 24.3 Å². The van der Waals surface area contributed by atoms with E-state index in [0.29, 0.717) is 11.1 Å². The van der Waals surface area contributed by atoms with Gasteiger partial charge in [0.1, 0.15) is 12.1 Å². The molecule has 0 amide bonds. The van der Waals surface area contributed by atoms with Crippen molar-refractivity contribution in [2.24, 2.45) is 0 Å². The monoisotopic (exact) mass is 404 g/mol. The van der Waals surface area contributed by atoms with Crippen LogP contribution in [0.2, 0.25) is 0 Å². The first-order valence-electron chi connectivity index (χ1n) is 7.73. The Hall–Kier alpha value is -2.48. The van der Waals surface area contributed by atoms with Gasteiger partial charge in [-0.1, -0.05) is 24.3 Å². The third-order valence-electron chi connectivity index (χ3n) is 4.09. The van der Waals surface area contributed by atoms with Crippen LogP contribution in [0, 0.1) is 22.7 Å². The van der Waals surface area contributed by atoms with Gasteiger partial charge >= 0.3 is 0 Å². The van der Waals surface area contributed by atoms with Crippen molar-refractivity contribution in [3.63, 3.8) is 0 Å². The van der Waals surface area contributed by atoms with Gasteiger partial charge in [-0.3, -0.25) is 0 Å². The lowest BCUT2D eigenvalue weighted by Crippen LogP contribution is -1.86. The minimum atomic E-state index is 0.688. The second kappa shape index (κ2) is 6.05. The average Bonchev–Trinajstić information content (AvgIpc) is 2.69. The van der Waals surface area contributed by atoms with E-state index < -0.39 is 0 Å². The molecule has 0 radical (unpaired) electrons. The Kier molecular flexibility index (Phi) is 3.66. The van der Waals surface area contributed by atoms with E-state index in [9.17, 15) is 10.5 Å². The van der Waals surface area contributed by atoms with Crippen LogP contribution in [0.25, 0.3) is 37.6 Å². The molecule has 0 unspecified atom stereocenters. The van der Waals surface area contributed by atoms with Crippen molar-refractivity contribution in [3.05, 3.63) is 59.7 Å². The topological polar surface area (TPSA) is 47.6 Å². The van der Waals surface area contributed by atoms with Gasteiger partial charge in [-0.25, -0.2) is 0 Å². The van der Waals surface area contributed by atoms with E-state index in [1.165, 1.54) is 0 Å². The smallest absolute Gasteiger partial charge is 0.102 e. The van der Waals surface area contributed by atoms with Crippen LogP contribution in [0.4, 0.5) is 0 Å². The van der Waals surface area contributed by atoms with Crippen molar-refractivity contribution in [3.8, 4) is 12.1 Å². The summed E-state index contributed by atoms with van der Waals surface area (Å²) in [6.07, 6.45) is 0. The molecule has 0 aliphatic rings. The molecule has 0 saturated heterocycles. The Morgan fingerprint density at radius 1 is 0.500 bits per heavy atom. The van der Waals surface area contributed by atoms with Gasteiger partial charge < -0.3 is 0 Å². The highest BCUT2D eigenvalue weighted by Gasteiger charge is 2.18. The third kappa shape index (κ3) is 2.25. The van der Waals surface area contributed by atoms with E-state index in [0.717, 1.165) is 37.6 Å². The summed E-state index contributed by atoms with van der Waals surface area (Å²) in [5, 5.41) is 19.9. The van der Waals surface area contributed by atoms with Crippen molar-refractivity contribution >= 4 is 82.9 Å². The summed E-state index contributed by atoms with van der Waals surface area (Å²) in [5.74, 6) is 0. The Labute approximate surface area is 164 Å². The molecule has 122 valence electrons. The van der Waals surface area contributed by atoms with E-state index >= 15 is 0 Å². The quantitative estimate of drug-likeness (QED) is 0.252. The minimum Gasteiger partial charge on any atom is -0.192 e. The SMILES string of the molecule is N#Cc1c2sc3ccccc3sc2c(C#N)c2sc3ccccc3sc12. The first-order chi connectivity index (χ1) is 12.8. The lowest BCUT2D eigenvalue weighted by molar-refractivity contribution is 1.52. The number of hydrogen-bond donors (Lipinski definition) is 0. The number of hydrogen-bond acceptors (Lipinski definition) is 6. The number of benzene rings is 3. The van der Waals surface area contributed by atoms with Gasteiger partial charge in [0.05, 0.1) is 29.9 Å². The van der Waals surface area contributed by atoms with E-state index in [2.05, 4.69) is 36.4 Å². The highest BCUT2D eigenvalue weighted by molar-refractivity contribution is 7.39. The molecule has 0 spiro atoms. The normalized spacial score (nSPS) is 11.0. The van der Waals surface area contributed by atoms with Crippen LogP contribution < -0.4 is 0 Å².